The Hall–Kier alpha value is -2.04. The molecule has 0 heterocycles. The van der Waals surface area contributed by atoms with Crippen molar-refractivity contribution in [3.63, 3.8) is 0 Å². The number of rotatable bonds is 4. The summed E-state index contributed by atoms with van der Waals surface area (Å²) in [6, 6.07) is 13.8. The zero-order valence-electron chi connectivity index (χ0n) is 11.8. The number of anilines is 2. The average Bonchev–Trinajstić information content (AvgIpc) is 2.54. The molecule has 114 valence electrons. The first-order chi connectivity index (χ1) is 10.5. The molecule has 0 aliphatic heterocycles. The third kappa shape index (κ3) is 3.78. The summed E-state index contributed by atoms with van der Waals surface area (Å²) in [5.74, 6) is -0.826. The molecule has 0 spiro atoms. The van der Waals surface area contributed by atoms with Crippen molar-refractivity contribution in [3.8, 4) is 0 Å². The number of hydrogen-bond donors (Lipinski definition) is 1. The molecule has 2 rings (SSSR count). The van der Waals surface area contributed by atoms with Gasteiger partial charge in [-0.15, -0.1) is 11.6 Å². The Morgan fingerprint density at radius 3 is 2.45 bits per heavy atom. The van der Waals surface area contributed by atoms with Crippen LogP contribution in [-0.4, -0.2) is 24.7 Å². The summed E-state index contributed by atoms with van der Waals surface area (Å²) < 4.78 is 0. The lowest BCUT2D eigenvalue weighted by Crippen LogP contribution is -2.29. The van der Waals surface area contributed by atoms with E-state index in [9.17, 15) is 9.59 Å². The fourth-order valence-corrected chi connectivity index (χ4v) is 2.26. The fourth-order valence-electron chi connectivity index (χ4n) is 1.92. The van der Waals surface area contributed by atoms with Crippen LogP contribution in [0.2, 0.25) is 5.02 Å². The van der Waals surface area contributed by atoms with Crippen molar-refractivity contribution < 1.29 is 9.59 Å². The van der Waals surface area contributed by atoms with Gasteiger partial charge in [-0.05, 0) is 30.3 Å². The van der Waals surface area contributed by atoms with E-state index in [0.717, 1.165) is 0 Å². The van der Waals surface area contributed by atoms with E-state index >= 15 is 0 Å². The molecule has 6 heteroatoms. The maximum Gasteiger partial charge on any atom is 0.257 e. The number of benzene rings is 2. The highest BCUT2D eigenvalue weighted by atomic mass is 35.5. The summed E-state index contributed by atoms with van der Waals surface area (Å²) in [6.45, 7) is 0. The van der Waals surface area contributed by atoms with Crippen LogP contribution in [0, 0.1) is 0 Å². The van der Waals surface area contributed by atoms with E-state index in [1.807, 2.05) is 18.2 Å². The summed E-state index contributed by atoms with van der Waals surface area (Å²) in [5.41, 5.74) is 1.42. The van der Waals surface area contributed by atoms with Crippen LogP contribution in [0.15, 0.2) is 48.5 Å². The van der Waals surface area contributed by atoms with Crippen LogP contribution in [0.4, 0.5) is 11.4 Å². The molecule has 2 aromatic rings. The molecule has 0 saturated carbocycles. The molecule has 4 nitrogen and oxygen atoms in total. The third-order valence-electron chi connectivity index (χ3n) is 3.09. The summed E-state index contributed by atoms with van der Waals surface area (Å²) in [4.78, 5) is 25.5. The van der Waals surface area contributed by atoms with Gasteiger partial charge in [0.25, 0.3) is 5.91 Å². The van der Waals surface area contributed by atoms with E-state index in [0.29, 0.717) is 22.0 Å². The van der Waals surface area contributed by atoms with Crippen LogP contribution >= 0.6 is 23.2 Å². The van der Waals surface area contributed by atoms with Gasteiger partial charge in [0.15, 0.2) is 0 Å². The van der Waals surface area contributed by atoms with Gasteiger partial charge in [0.1, 0.15) is 5.88 Å². The van der Waals surface area contributed by atoms with Crippen LogP contribution in [0.25, 0.3) is 0 Å². The minimum Gasteiger partial charge on any atom is -0.322 e. The van der Waals surface area contributed by atoms with Gasteiger partial charge in [-0.2, -0.15) is 0 Å². The maximum absolute atomic E-state index is 12.4. The van der Waals surface area contributed by atoms with Gasteiger partial charge in [-0.1, -0.05) is 29.8 Å². The molecule has 1 N–H and O–H groups in total. The van der Waals surface area contributed by atoms with E-state index in [1.54, 1.807) is 37.4 Å². The number of alkyl halides is 1. The maximum atomic E-state index is 12.4. The second-order valence-electron chi connectivity index (χ2n) is 4.57. The van der Waals surface area contributed by atoms with Crippen molar-refractivity contribution in [1.82, 2.24) is 0 Å². The van der Waals surface area contributed by atoms with Gasteiger partial charge in [0, 0.05) is 17.8 Å². The average molecular weight is 337 g/mol. The Kier molecular flexibility index (Phi) is 5.41. The topological polar surface area (TPSA) is 49.4 Å². The highest BCUT2D eigenvalue weighted by Gasteiger charge is 2.18. The molecule has 2 amide bonds. The Morgan fingerprint density at radius 2 is 1.82 bits per heavy atom. The highest BCUT2D eigenvalue weighted by Crippen LogP contribution is 2.25. The van der Waals surface area contributed by atoms with Gasteiger partial charge < -0.3 is 10.2 Å². The minimum absolute atomic E-state index is 0.178. The normalized spacial score (nSPS) is 10.1. The lowest BCUT2D eigenvalue weighted by atomic mass is 10.1. The molecular formula is C16H14Cl2N2O2. The lowest BCUT2D eigenvalue weighted by Gasteiger charge is -2.20. The van der Waals surface area contributed by atoms with Gasteiger partial charge in [-0.3, -0.25) is 9.59 Å². The zero-order valence-corrected chi connectivity index (χ0v) is 13.4. The Morgan fingerprint density at radius 1 is 1.14 bits per heavy atom. The van der Waals surface area contributed by atoms with E-state index in [1.165, 1.54) is 4.90 Å². The third-order valence-corrected chi connectivity index (χ3v) is 3.55. The first kappa shape index (κ1) is 16.3. The first-order valence-electron chi connectivity index (χ1n) is 6.51. The molecule has 0 aliphatic rings. The molecule has 0 saturated heterocycles. The summed E-state index contributed by atoms with van der Waals surface area (Å²) in [7, 11) is 1.55. The van der Waals surface area contributed by atoms with Crippen LogP contribution < -0.4 is 10.2 Å². The fraction of sp³-hybridized carbons (Fsp3) is 0.125. The summed E-state index contributed by atoms with van der Waals surface area (Å²) in [6.07, 6.45) is 0. The quantitative estimate of drug-likeness (QED) is 0.863. The van der Waals surface area contributed by atoms with Crippen molar-refractivity contribution in [3.05, 3.63) is 59.1 Å². The number of carbonyl (C=O) groups excluding carboxylic acids is 2. The predicted molar refractivity (Wildman–Crippen MR) is 90.0 cm³/mol. The Bertz CT molecular complexity index is 690. The van der Waals surface area contributed by atoms with Crippen LogP contribution in [0.5, 0.6) is 0 Å². The molecule has 0 atom stereocenters. The van der Waals surface area contributed by atoms with E-state index in [4.69, 9.17) is 23.2 Å². The summed E-state index contributed by atoms with van der Waals surface area (Å²) >= 11 is 11.5. The second kappa shape index (κ2) is 7.29. The molecule has 0 radical (unpaired) electrons. The first-order valence-corrected chi connectivity index (χ1v) is 7.42. The number of amides is 2. The predicted octanol–water partition coefficient (Wildman–Crippen LogP) is 3.79. The van der Waals surface area contributed by atoms with Crippen molar-refractivity contribution in [2.24, 2.45) is 0 Å². The van der Waals surface area contributed by atoms with Gasteiger partial charge >= 0.3 is 0 Å². The monoisotopic (exact) mass is 336 g/mol. The standard InChI is InChI=1S/C16H14Cl2N2O2/c1-20(15(21)10-17)14-9-11(18)7-8-13(14)16(22)19-12-5-3-2-4-6-12/h2-9H,10H2,1H3,(H,19,22). The number of carbonyl (C=O) groups is 2. The van der Waals surface area contributed by atoms with Crippen molar-refractivity contribution in [1.29, 1.82) is 0 Å². The van der Waals surface area contributed by atoms with Crippen LogP contribution in [0.1, 0.15) is 10.4 Å². The summed E-state index contributed by atoms with van der Waals surface area (Å²) in [5, 5.41) is 3.21. The number of hydrogen-bond acceptors (Lipinski definition) is 2. The Balaban J connectivity index is 2.34. The lowest BCUT2D eigenvalue weighted by molar-refractivity contribution is -0.116. The minimum atomic E-state index is -0.327. The number of halogens is 2. The largest absolute Gasteiger partial charge is 0.322 e. The number of nitrogens with zero attached hydrogens (tertiary/aromatic N) is 1. The van der Waals surface area contributed by atoms with Crippen molar-refractivity contribution >= 4 is 46.4 Å². The highest BCUT2D eigenvalue weighted by molar-refractivity contribution is 6.32. The molecule has 0 bridgehead atoms. The molecule has 22 heavy (non-hydrogen) atoms. The second-order valence-corrected chi connectivity index (χ2v) is 5.27. The molecule has 0 fully saturated rings. The number of nitrogens with one attached hydrogen (secondary N) is 1. The van der Waals surface area contributed by atoms with Crippen molar-refractivity contribution in [2.75, 3.05) is 23.1 Å². The molecule has 0 unspecified atom stereocenters. The Labute approximate surface area is 138 Å². The SMILES string of the molecule is CN(C(=O)CCl)c1cc(Cl)ccc1C(=O)Nc1ccccc1. The van der Waals surface area contributed by atoms with E-state index < -0.39 is 0 Å². The van der Waals surface area contributed by atoms with Gasteiger partial charge in [0.2, 0.25) is 5.91 Å². The van der Waals surface area contributed by atoms with Crippen molar-refractivity contribution in [2.45, 2.75) is 0 Å². The zero-order chi connectivity index (χ0) is 16.1. The van der Waals surface area contributed by atoms with E-state index in [-0.39, 0.29) is 17.7 Å². The van der Waals surface area contributed by atoms with Gasteiger partial charge in [-0.25, -0.2) is 0 Å². The van der Waals surface area contributed by atoms with Crippen LogP contribution in [0.3, 0.4) is 0 Å². The molecular weight excluding hydrogens is 323 g/mol. The van der Waals surface area contributed by atoms with Crippen LogP contribution in [-0.2, 0) is 4.79 Å². The molecule has 2 aromatic carbocycles. The smallest absolute Gasteiger partial charge is 0.257 e. The van der Waals surface area contributed by atoms with Gasteiger partial charge in [0.05, 0.1) is 11.3 Å². The molecule has 0 aromatic heterocycles. The molecule has 0 aliphatic carbocycles. The number of para-hydroxylation sites is 1. The van der Waals surface area contributed by atoms with E-state index in [2.05, 4.69) is 5.32 Å².